The highest BCUT2D eigenvalue weighted by molar-refractivity contribution is 7.09. The molecule has 0 atom stereocenters. The molecule has 0 spiro atoms. The van der Waals surface area contributed by atoms with Gasteiger partial charge in [-0.2, -0.15) is 0 Å². The summed E-state index contributed by atoms with van der Waals surface area (Å²) in [4.78, 5) is 23.3. The van der Waals surface area contributed by atoms with Gasteiger partial charge in [0.1, 0.15) is 5.01 Å². The maximum Gasteiger partial charge on any atom is 0.277 e. The molecule has 2 aromatic heterocycles. The molecule has 1 aliphatic rings. The molecule has 0 bridgehead atoms. The van der Waals surface area contributed by atoms with E-state index in [0.717, 1.165) is 10.6 Å². The Morgan fingerprint density at radius 2 is 2.00 bits per heavy atom. The molecule has 0 N–H and O–H groups in total. The molecule has 1 aromatic carbocycles. The van der Waals surface area contributed by atoms with Crippen molar-refractivity contribution >= 4 is 17.2 Å². The number of benzene rings is 1. The van der Waals surface area contributed by atoms with Crippen LogP contribution in [-0.2, 0) is 16.0 Å². The van der Waals surface area contributed by atoms with Crippen molar-refractivity contribution < 1.29 is 18.7 Å². The first-order valence-corrected chi connectivity index (χ1v) is 9.09. The van der Waals surface area contributed by atoms with Crippen molar-refractivity contribution in [2.75, 3.05) is 19.8 Å². The minimum atomic E-state index is -0.439. The molecular formula is C18H17N3O4S. The van der Waals surface area contributed by atoms with Crippen molar-refractivity contribution in [3.8, 4) is 11.3 Å². The molecule has 0 radical (unpaired) electrons. The van der Waals surface area contributed by atoms with Gasteiger partial charge >= 0.3 is 0 Å². The summed E-state index contributed by atoms with van der Waals surface area (Å²) in [5, 5.41) is 2.72. The van der Waals surface area contributed by atoms with Crippen molar-refractivity contribution in [1.29, 1.82) is 0 Å². The van der Waals surface area contributed by atoms with Crippen LogP contribution in [0.5, 0.6) is 0 Å². The molecule has 8 heteroatoms. The molecule has 0 aliphatic carbocycles. The van der Waals surface area contributed by atoms with Gasteiger partial charge in [0.2, 0.25) is 0 Å². The number of rotatable bonds is 6. The molecule has 3 aromatic rings. The van der Waals surface area contributed by atoms with Gasteiger partial charge in [-0.15, -0.1) is 11.3 Å². The Morgan fingerprint density at radius 3 is 2.73 bits per heavy atom. The average Bonchev–Trinajstić information content (AvgIpc) is 3.43. The largest absolute Gasteiger partial charge is 0.443 e. The van der Waals surface area contributed by atoms with Gasteiger partial charge in [-0.25, -0.2) is 9.97 Å². The number of amides is 1. The van der Waals surface area contributed by atoms with E-state index in [1.807, 2.05) is 35.7 Å². The SMILES string of the molecule is O=C(c1ncoc1-c1ccccc1)N(Cc1nccs1)CC1OCCO1. The van der Waals surface area contributed by atoms with Crippen LogP contribution in [0.4, 0.5) is 0 Å². The predicted molar refractivity (Wildman–Crippen MR) is 94.5 cm³/mol. The van der Waals surface area contributed by atoms with Gasteiger partial charge in [0, 0.05) is 17.1 Å². The molecule has 1 saturated heterocycles. The van der Waals surface area contributed by atoms with Crippen molar-refractivity contribution in [2.45, 2.75) is 12.8 Å². The van der Waals surface area contributed by atoms with Gasteiger partial charge in [0.25, 0.3) is 5.91 Å². The van der Waals surface area contributed by atoms with E-state index in [1.54, 1.807) is 11.1 Å². The fraction of sp³-hybridized carbons (Fsp3) is 0.278. The Morgan fingerprint density at radius 1 is 1.19 bits per heavy atom. The third-order valence-corrected chi connectivity index (χ3v) is 4.73. The highest BCUT2D eigenvalue weighted by Crippen LogP contribution is 2.25. The fourth-order valence-corrected chi connectivity index (χ4v) is 3.38. The number of hydrogen-bond donors (Lipinski definition) is 0. The Kier molecular flexibility index (Phi) is 5.05. The highest BCUT2D eigenvalue weighted by atomic mass is 32.1. The maximum absolute atomic E-state index is 13.2. The summed E-state index contributed by atoms with van der Waals surface area (Å²) in [5.41, 5.74) is 1.07. The monoisotopic (exact) mass is 371 g/mol. The lowest BCUT2D eigenvalue weighted by molar-refractivity contribution is -0.0585. The summed E-state index contributed by atoms with van der Waals surface area (Å²) < 4.78 is 16.5. The summed E-state index contributed by atoms with van der Waals surface area (Å²) in [7, 11) is 0. The van der Waals surface area contributed by atoms with Gasteiger partial charge in [-0.05, 0) is 0 Å². The van der Waals surface area contributed by atoms with Crippen molar-refractivity contribution in [2.24, 2.45) is 0 Å². The van der Waals surface area contributed by atoms with Crippen molar-refractivity contribution in [3.05, 3.63) is 59.0 Å². The normalized spacial score (nSPS) is 14.6. The van der Waals surface area contributed by atoms with Gasteiger partial charge in [0.15, 0.2) is 24.1 Å². The van der Waals surface area contributed by atoms with E-state index >= 15 is 0 Å². The minimum absolute atomic E-state index is 0.244. The Hall–Kier alpha value is -2.55. The molecule has 0 saturated carbocycles. The third-order valence-electron chi connectivity index (χ3n) is 3.96. The third kappa shape index (κ3) is 3.67. The number of thiazole rings is 1. The number of carbonyl (C=O) groups is 1. The zero-order valence-electron chi connectivity index (χ0n) is 13.9. The number of aromatic nitrogens is 2. The van der Waals surface area contributed by atoms with E-state index < -0.39 is 6.29 Å². The van der Waals surface area contributed by atoms with Gasteiger partial charge in [-0.1, -0.05) is 30.3 Å². The fourth-order valence-electron chi connectivity index (χ4n) is 2.75. The number of ether oxygens (including phenoxy) is 2. The van der Waals surface area contributed by atoms with E-state index in [2.05, 4.69) is 9.97 Å². The molecular weight excluding hydrogens is 354 g/mol. The Balaban J connectivity index is 1.60. The second-order valence-electron chi connectivity index (χ2n) is 5.68. The van der Waals surface area contributed by atoms with Crippen LogP contribution in [0.3, 0.4) is 0 Å². The maximum atomic E-state index is 13.2. The first-order valence-electron chi connectivity index (χ1n) is 8.21. The summed E-state index contributed by atoms with van der Waals surface area (Å²) in [5.74, 6) is 0.208. The van der Waals surface area contributed by atoms with E-state index in [9.17, 15) is 4.79 Å². The van der Waals surface area contributed by atoms with Crippen LogP contribution < -0.4 is 0 Å². The average molecular weight is 371 g/mol. The number of hydrogen-bond acceptors (Lipinski definition) is 7. The second kappa shape index (κ2) is 7.77. The first kappa shape index (κ1) is 16.9. The molecule has 134 valence electrons. The Labute approximate surface area is 154 Å². The van der Waals surface area contributed by atoms with E-state index in [4.69, 9.17) is 13.9 Å². The van der Waals surface area contributed by atoms with E-state index in [1.165, 1.54) is 17.7 Å². The smallest absolute Gasteiger partial charge is 0.277 e. The van der Waals surface area contributed by atoms with Crippen LogP contribution in [0.15, 0.2) is 52.7 Å². The van der Waals surface area contributed by atoms with Crippen LogP contribution in [-0.4, -0.2) is 46.8 Å². The van der Waals surface area contributed by atoms with Crippen LogP contribution >= 0.6 is 11.3 Å². The van der Waals surface area contributed by atoms with Crippen LogP contribution in [0.25, 0.3) is 11.3 Å². The second-order valence-corrected chi connectivity index (χ2v) is 6.66. The first-order chi connectivity index (χ1) is 12.8. The lowest BCUT2D eigenvalue weighted by Crippen LogP contribution is -2.38. The lowest BCUT2D eigenvalue weighted by atomic mass is 10.1. The topological polar surface area (TPSA) is 77.7 Å². The van der Waals surface area contributed by atoms with Crippen molar-refractivity contribution in [3.63, 3.8) is 0 Å². The highest BCUT2D eigenvalue weighted by Gasteiger charge is 2.28. The van der Waals surface area contributed by atoms with Crippen molar-refractivity contribution in [1.82, 2.24) is 14.9 Å². The minimum Gasteiger partial charge on any atom is -0.443 e. The van der Waals surface area contributed by atoms with Crippen LogP contribution in [0, 0.1) is 0 Å². The lowest BCUT2D eigenvalue weighted by Gasteiger charge is -2.23. The molecule has 1 amide bonds. The van der Waals surface area contributed by atoms with Crippen LogP contribution in [0.2, 0.25) is 0 Å². The molecule has 7 nitrogen and oxygen atoms in total. The van der Waals surface area contributed by atoms with Gasteiger partial charge in [0.05, 0.1) is 26.3 Å². The summed E-state index contributed by atoms with van der Waals surface area (Å²) in [6, 6.07) is 9.45. The predicted octanol–water partition coefficient (Wildman–Crippen LogP) is 2.81. The number of oxazole rings is 1. The quantitative estimate of drug-likeness (QED) is 0.663. The molecule has 3 heterocycles. The molecule has 0 unspecified atom stereocenters. The zero-order chi connectivity index (χ0) is 17.8. The standard InChI is InChI=1S/C18H17N3O4S/c22-18(16-17(25-12-20-16)13-4-2-1-3-5-13)21(10-14-19-6-9-26-14)11-15-23-7-8-24-15/h1-6,9,12,15H,7-8,10-11H2. The number of nitrogens with zero attached hydrogens (tertiary/aromatic N) is 3. The van der Waals surface area contributed by atoms with Crippen LogP contribution in [0.1, 0.15) is 15.5 Å². The zero-order valence-corrected chi connectivity index (χ0v) is 14.7. The van der Waals surface area contributed by atoms with Gasteiger partial charge in [-0.3, -0.25) is 4.79 Å². The Bertz CT molecular complexity index is 844. The summed E-state index contributed by atoms with van der Waals surface area (Å²) in [6.07, 6.45) is 2.57. The summed E-state index contributed by atoms with van der Waals surface area (Å²) >= 11 is 1.49. The number of carbonyl (C=O) groups excluding carboxylic acids is 1. The molecule has 26 heavy (non-hydrogen) atoms. The molecule has 4 rings (SSSR count). The van der Waals surface area contributed by atoms with Gasteiger partial charge < -0.3 is 18.8 Å². The molecule has 1 fully saturated rings. The van der Waals surface area contributed by atoms with E-state index in [-0.39, 0.29) is 11.6 Å². The summed E-state index contributed by atoms with van der Waals surface area (Å²) in [6.45, 7) is 1.73. The molecule has 1 aliphatic heterocycles. The van der Waals surface area contributed by atoms with E-state index in [0.29, 0.717) is 32.1 Å².